The fraction of sp³-hybridized carbons (Fsp3) is 0.238. The minimum absolute atomic E-state index is 1.08. The molecule has 1 nitrogen and oxygen atoms in total. The minimum Gasteiger partial charge on any atom is -0.310 e. The molecule has 0 bridgehead atoms. The van der Waals surface area contributed by atoms with Crippen molar-refractivity contribution in [3.05, 3.63) is 70.9 Å². The lowest BCUT2D eigenvalue weighted by molar-refractivity contribution is 1.07. The smallest absolute Gasteiger partial charge is 0.0540 e. The van der Waals surface area contributed by atoms with Crippen LogP contribution in [0.3, 0.4) is 0 Å². The summed E-state index contributed by atoms with van der Waals surface area (Å²) < 4.78 is 2.39. The van der Waals surface area contributed by atoms with Crippen LogP contribution in [-0.4, -0.2) is 4.57 Å². The molecule has 0 unspecified atom stereocenters. The van der Waals surface area contributed by atoms with Gasteiger partial charge < -0.3 is 4.57 Å². The van der Waals surface area contributed by atoms with Crippen molar-refractivity contribution in [2.75, 3.05) is 0 Å². The fourth-order valence-electron chi connectivity index (χ4n) is 2.94. The maximum absolute atomic E-state index is 2.39. The van der Waals surface area contributed by atoms with Gasteiger partial charge in [0.2, 0.25) is 0 Å². The van der Waals surface area contributed by atoms with E-state index in [0.717, 1.165) is 6.42 Å². The fourth-order valence-corrected chi connectivity index (χ4v) is 2.94. The summed E-state index contributed by atoms with van der Waals surface area (Å²) in [5, 5.41) is 1.34. The van der Waals surface area contributed by atoms with Crippen LogP contribution in [0.4, 0.5) is 0 Å². The second-order valence-electron chi connectivity index (χ2n) is 6.05. The van der Waals surface area contributed by atoms with E-state index < -0.39 is 0 Å². The number of hydrogen-bond acceptors (Lipinski definition) is 0. The van der Waals surface area contributed by atoms with E-state index in [-0.39, 0.29) is 0 Å². The predicted molar refractivity (Wildman–Crippen MR) is 96.7 cm³/mol. The normalized spacial score (nSPS) is 12.1. The van der Waals surface area contributed by atoms with E-state index in [1.165, 1.54) is 39.0 Å². The number of hydrogen-bond donors (Lipinski definition) is 0. The van der Waals surface area contributed by atoms with Crippen LogP contribution in [-0.2, 0) is 0 Å². The molecule has 0 saturated heterocycles. The molecule has 0 aliphatic rings. The third kappa shape index (κ3) is 2.48. The average Bonchev–Trinajstić information content (AvgIpc) is 2.80. The summed E-state index contributed by atoms with van der Waals surface area (Å²) in [5.41, 5.74) is 7.86. The van der Waals surface area contributed by atoms with Gasteiger partial charge in [0, 0.05) is 16.8 Å². The van der Waals surface area contributed by atoms with E-state index in [0.29, 0.717) is 0 Å². The zero-order chi connectivity index (χ0) is 15.7. The molecule has 112 valence electrons. The molecule has 0 aliphatic carbocycles. The Bertz CT molecular complexity index is 835. The van der Waals surface area contributed by atoms with Crippen LogP contribution in [0.15, 0.2) is 54.1 Å². The lowest BCUT2D eigenvalue weighted by atomic mass is 10.1. The molecule has 3 aromatic rings. The maximum atomic E-state index is 2.39. The van der Waals surface area contributed by atoms with Crippen molar-refractivity contribution in [1.29, 1.82) is 0 Å². The molecule has 0 spiro atoms. The Morgan fingerprint density at radius 1 is 1.05 bits per heavy atom. The van der Waals surface area contributed by atoms with Crippen molar-refractivity contribution >= 4 is 17.0 Å². The van der Waals surface area contributed by atoms with Crippen LogP contribution in [0.1, 0.15) is 37.1 Å². The van der Waals surface area contributed by atoms with E-state index in [1.54, 1.807) is 0 Å². The number of aryl methyl sites for hydroxylation is 2. The summed E-state index contributed by atoms with van der Waals surface area (Å²) in [5.74, 6) is 0. The molecule has 0 saturated carbocycles. The first kappa shape index (κ1) is 14.6. The van der Waals surface area contributed by atoms with E-state index in [2.05, 4.69) is 86.9 Å². The van der Waals surface area contributed by atoms with Crippen LogP contribution >= 0.6 is 0 Å². The van der Waals surface area contributed by atoms with Gasteiger partial charge in [-0.1, -0.05) is 42.8 Å². The van der Waals surface area contributed by atoms with Crippen LogP contribution in [0.5, 0.6) is 0 Å². The first-order valence-corrected chi connectivity index (χ1v) is 7.96. The number of para-hydroxylation sites is 1. The van der Waals surface area contributed by atoms with Gasteiger partial charge in [-0.3, -0.25) is 0 Å². The molecular weight excluding hydrogens is 266 g/mol. The van der Waals surface area contributed by atoms with Crippen molar-refractivity contribution in [2.24, 2.45) is 0 Å². The van der Waals surface area contributed by atoms with E-state index in [9.17, 15) is 0 Å². The SMILES string of the molecule is CC/C(C)=C\c1c(C)c2ccc(C)cc2n1-c1ccccc1. The highest BCUT2D eigenvalue weighted by Gasteiger charge is 2.14. The Morgan fingerprint density at radius 3 is 2.45 bits per heavy atom. The minimum atomic E-state index is 1.08. The molecule has 1 heterocycles. The summed E-state index contributed by atoms with van der Waals surface area (Å²) in [6.45, 7) is 8.80. The van der Waals surface area contributed by atoms with Gasteiger partial charge in [0.1, 0.15) is 0 Å². The quantitative estimate of drug-likeness (QED) is 0.552. The number of fused-ring (bicyclic) bond motifs is 1. The zero-order valence-corrected chi connectivity index (χ0v) is 13.9. The van der Waals surface area contributed by atoms with Crippen LogP contribution in [0.2, 0.25) is 0 Å². The molecule has 0 radical (unpaired) electrons. The third-order valence-corrected chi connectivity index (χ3v) is 4.38. The van der Waals surface area contributed by atoms with Gasteiger partial charge in [0.05, 0.1) is 5.52 Å². The number of rotatable bonds is 3. The first-order chi connectivity index (χ1) is 10.6. The maximum Gasteiger partial charge on any atom is 0.0540 e. The standard InChI is InChI=1S/C21H23N/c1-5-15(2)13-20-17(4)19-12-11-16(3)14-21(19)22(20)18-9-7-6-8-10-18/h6-14H,5H2,1-4H3/b15-13-. The largest absolute Gasteiger partial charge is 0.310 e. The molecule has 0 N–H and O–H groups in total. The summed E-state index contributed by atoms with van der Waals surface area (Å²) in [6.07, 6.45) is 3.41. The van der Waals surface area contributed by atoms with Gasteiger partial charge in [-0.05, 0) is 62.6 Å². The Kier molecular flexibility index (Phi) is 3.89. The van der Waals surface area contributed by atoms with Gasteiger partial charge >= 0.3 is 0 Å². The Hall–Kier alpha value is -2.28. The van der Waals surface area contributed by atoms with Crippen LogP contribution < -0.4 is 0 Å². The van der Waals surface area contributed by atoms with E-state index >= 15 is 0 Å². The lowest BCUT2D eigenvalue weighted by Crippen LogP contribution is -1.97. The third-order valence-electron chi connectivity index (χ3n) is 4.38. The van der Waals surface area contributed by atoms with Crippen molar-refractivity contribution in [3.63, 3.8) is 0 Å². The molecule has 3 rings (SSSR count). The lowest BCUT2D eigenvalue weighted by Gasteiger charge is -2.10. The van der Waals surface area contributed by atoms with Gasteiger partial charge in [-0.25, -0.2) is 0 Å². The Labute approximate surface area is 132 Å². The Morgan fingerprint density at radius 2 is 1.77 bits per heavy atom. The monoisotopic (exact) mass is 289 g/mol. The van der Waals surface area contributed by atoms with Gasteiger partial charge in [-0.15, -0.1) is 0 Å². The zero-order valence-electron chi connectivity index (χ0n) is 13.9. The molecule has 22 heavy (non-hydrogen) atoms. The summed E-state index contributed by atoms with van der Waals surface area (Å²) in [6, 6.07) is 17.4. The average molecular weight is 289 g/mol. The molecule has 1 aromatic heterocycles. The highest BCUT2D eigenvalue weighted by atomic mass is 15.0. The molecule has 0 amide bonds. The predicted octanol–water partition coefficient (Wildman–Crippen LogP) is 6.06. The second-order valence-corrected chi connectivity index (χ2v) is 6.05. The van der Waals surface area contributed by atoms with Crippen LogP contribution in [0, 0.1) is 13.8 Å². The number of benzene rings is 2. The first-order valence-electron chi connectivity index (χ1n) is 7.96. The van der Waals surface area contributed by atoms with Crippen molar-refractivity contribution in [2.45, 2.75) is 34.1 Å². The van der Waals surface area contributed by atoms with E-state index in [4.69, 9.17) is 0 Å². The van der Waals surface area contributed by atoms with Crippen molar-refractivity contribution in [3.8, 4) is 5.69 Å². The van der Waals surface area contributed by atoms with Crippen molar-refractivity contribution in [1.82, 2.24) is 4.57 Å². The molecule has 0 fully saturated rings. The van der Waals surface area contributed by atoms with E-state index in [1.807, 2.05) is 0 Å². The second kappa shape index (κ2) is 5.84. The topological polar surface area (TPSA) is 4.93 Å². The molecule has 0 aliphatic heterocycles. The van der Waals surface area contributed by atoms with Crippen LogP contribution in [0.25, 0.3) is 22.7 Å². The van der Waals surface area contributed by atoms with Gasteiger partial charge in [-0.2, -0.15) is 0 Å². The number of nitrogens with zero attached hydrogens (tertiary/aromatic N) is 1. The number of allylic oxidation sites excluding steroid dienone is 1. The summed E-state index contributed by atoms with van der Waals surface area (Å²) in [7, 11) is 0. The molecular formula is C21H23N. The molecule has 1 heteroatoms. The molecule has 2 aromatic carbocycles. The Balaban J connectivity index is 2.40. The highest BCUT2D eigenvalue weighted by molar-refractivity contribution is 5.90. The summed E-state index contributed by atoms with van der Waals surface area (Å²) in [4.78, 5) is 0. The van der Waals surface area contributed by atoms with Gasteiger partial charge in [0.15, 0.2) is 0 Å². The number of aromatic nitrogens is 1. The molecule has 0 atom stereocenters. The van der Waals surface area contributed by atoms with Crippen molar-refractivity contribution < 1.29 is 0 Å². The summed E-state index contributed by atoms with van der Waals surface area (Å²) >= 11 is 0. The highest BCUT2D eigenvalue weighted by Crippen LogP contribution is 2.31. The van der Waals surface area contributed by atoms with Gasteiger partial charge in [0.25, 0.3) is 0 Å².